The van der Waals surface area contributed by atoms with Gasteiger partial charge in [0.15, 0.2) is 0 Å². The third kappa shape index (κ3) is 4.79. The quantitative estimate of drug-likeness (QED) is 0.776. The van der Waals surface area contributed by atoms with Gasteiger partial charge in [0, 0.05) is 45.5 Å². The maximum absolute atomic E-state index is 13.2. The SMILES string of the molecule is C=C(C)N(C)c1cnn(C(=O)N2CCN(Cc3ccccc3C(F)(F)F)CC2)c1. The van der Waals surface area contributed by atoms with E-state index in [1.807, 2.05) is 23.8 Å². The molecule has 0 aliphatic carbocycles. The van der Waals surface area contributed by atoms with Crippen LogP contribution in [-0.4, -0.2) is 58.8 Å². The molecular formula is C20H24F3N5O. The average Bonchev–Trinajstić information content (AvgIpc) is 3.17. The summed E-state index contributed by atoms with van der Waals surface area (Å²) in [6.45, 7) is 7.77. The first kappa shape index (κ1) is 20.9. The van der Waals surface area contributed by atoms with Crippen LogP contribution in [0.3, 0.4) is 0 Å². The second-order valence-corrected chi connectivity index (χ2v) is 7.14. The number of halogens is 3. The van der Waals surface area contributed by atoms with Crippen LogP contribution in [0.1, 0.15) is 18.1 Å². The standard InChI is InChI=1S/C20H24F3N5O/c1-15(2)25(3)17-12-24-28(14-17)19(29)27-10-8-26(9-11-27)13-16-6-4-5-7-18(16)20(21,22)23/h4-7,12,14H,1,8-11,13H2,2-3H3. The Bertz CT molecular complexity index is 884. The van der Waals surface area contributed by atoms with E-state index in [-0.39, 0.29) is 18.1 Å². The summed E-state index contributed by atoms with van der Waals surface area (Å²) in [6.07, 6.45) is -1.14. The molecule has 1 aliphatic heterocycles. The summed E-state index contributed by atoms with van der Waals surface area (Å²) in [4.78, 5) is 18.1. The highest BCUT2D eigenvalue weighted by molar-refractivity contribution is 5.77. The van der Waals surface area contributed by atoms with E-state index < -0.39 is 11.7 Å². The van der Waals surface area contributed by atoms with Crippen molar-refractivity contribution in [2.45, 2.75) is 19.6 Å². The Labute approximate surface area is 167 Å². The van der Waals surface area contributed by atoms with E-state index in [9.17, 15) is 18.0 Å². The molecule has 6 nitrogen and oxygen atoms in total. The Kier molecular flexibility index (Phi) is 5.97. The Morgan fingerprint density at radius 2 is 1.86 bits per heavy atom. The minimum absolute atomic E-state index is 0.201. The van der Waals surface area contributed by atoms with Gasteiger partial charge < -0.3 is 9.80 Å². The fourth-order valence-electron chi connectivity index (χ4n) is 3.23. The zero-order chi connectivity index (χ0) is 21.2. The Morgan fingerprint density at radius 3 is 2.48 bits per heavy atom. The van der Waals surface area contributed by atoms with Gasteiger partial charge in [0.05, 0.1) is 23.6 Å². The number of carbonyl (C=O) groups excluding carboxylic acids is 1. The van der Waals surface area contributed by atoms with Crippen molar-refractivity contribution in [1.82, 2.24) is 19.6 Å². The van der Waals surface area contributed by atoms with Crippen molar-refractivity contribution < 1.29 is 18.0 Å². The molecule has 156 valence electrons. The number of benzene rings is 1. The molecule has 0 bridgehead atoms. The number of piperazine rings is 1. The maximum atomic E-state index is 13.2. The molecule has 2 heterocycles. The van der Waals surface area contributed by atoms with Crippen LogP contribution in [-0.2, 0) is 12.7 Å². The van der Waals surface area contributed by atoms with Gasteiger partial charge in [-0.05, 0) is 18.6 Å². The predicted octanol–water partition coefficient (Wildman–Crippen LogP) is 3.66. The summed E-state index contributed by atoms with van der Waals surface area (Å²) in [6, 6.07) is 5.37. The van der Waals surface area contributed by atoms with Gasteiger partial charge in [0.2, 0.25) is 0 Å². The van der Waals surface area contributed by atoms with Crippen LogP contribution < -0.4 is 4.90 Å². The van der Waals surface area contributed by atoms with Gasteiger partial charge >= 0.3 is 12.2 Å². The van der Waals surface area contributed by atoms with E-state index in [2.05, 4.69) is 11.7 Å². The summed E-state index contributed by atoms with van der Waals surface area (Å²) >= 11 is 0. The average molecular weight is 407 g/mol. The van der Waals surface area contributed by atoms with Crippen LogP contribution in [0.2, 0.25) is 0 Å². The number of allylic oxidation sites excluding steroid dienone is 1. The highest BCUT2D eigenvalue weighted by Crippen LogP contribution is 2.32. The van der Waals surface area contributed by atoms with E-state index in [0.29, 0.717) is 26.2 Å². The Hall–Kier alpha value is -2.81. The number of aromatic nitrogens is 2. The molecule has 1 amide bonds. The van der Waals surface area contributed by atoms with Crippen molar-refractivity contribution in [2.24, 2.45) is 0 Å². The summed E-state index contributed by atoms with van der Waals surface area (Å²) in [5.41, 5.74) is 1.22. The normalized spacial score (nSPS) is 15.4. The number of amides is 1. The van der Waals surface area contributed by atoms with E-state index in [1.54, 1.807) is 23.4 Å². The molecule has 9 heteroatoms. The van der Waals surface area contributed by atoms with Gasteiger partial charge in [0.1, 0.15) is 0 Å². The molecule has 2 aromatic rings. The van der Waals surface area contributed by atoms with Crippen molar-refractivity contribution in [3.8, 4) is 0 Å². The molecule has 1 aromatic heterocycles. The first-order chi connectivity index (χ1) is 13.7. The van der Waals surface area contributed by atoms with Crippen LogP contribution >= 0.6 is 0 Å². The van der Waals surface area contributed by atoms with Gasteiger partial charge in [-0.25, -0.2) is 4.79 Å². The lowest BCUT2D eigenvalue weighted by atomic mass is 10.1. The van der Waals surface area contributed by atoms with Crippen molar-refractivity contribution in [2.75, 3.05) is 38.1 Å². The van der Waals surface area contributed by atoms with Gasteiger partial charge in [-0.2, -0.15) is 23.0 Å². The third-order valence-corrected chi connectivity index (χ3v) is 5.08. The zero-order valence-electron chi connectivity index (χ0n) is 16.5. The third-order valence-electron chi connectivity index (χ3n) is 5.08. The molecule has 0 radical (unpaired) electrons. The highest BCUT2D eigenvalue weighted by Gasteiger charge is 2.33. The van der Waals surface area contributed by atoms with Gasteiger partial charge in [-0.15, -0.1) is 0 Å². The van der Waals surface area contributed by atoms with Crippen LogP contribution in [0.4, 0.5) is 23.7 Å². The largest absolute Gasteiger partial charge is 0.416 e. The van der Waals surface area contributed by atoms with Crippen LogP contribution in [0.15, 0.2) is 48.9 Å². The van der Waals surface area contributed by atoms with E-state index in [1.165, 1.54) is 16.8 Å². The number of anilines is 1. The summed E-state index contributed by atoms with van der Waals surface area (Å²) in [5.74, 6) is 0. The van der Waals surface area contributed by atoms with Gasteiger partial charge in [-0.1, -0.05) is 24.8 Å². The Morgan fingerprint density at radius 1 is 1.21 bits per heavy atom. The highest BCUT2D eigenvalue weighted by atomic mass is 19.4. The molecule has 29 heavy (non-hydrogen) atoms. The molecule has 0 saturated carbocycles. The summed E-state index contributed by atoms with van der Waals surface area (Å²) < 4.78 is 40.8. The molecule has 1 saturated heterocycles. The van der Waals surface area contributed by atoms with E-state index in [0.717, 1.165) is 17.5 Å². The minimum atomic E-state index is -4.37. The van der Waals surface area contributed by atoms with E-state index in [4.69, 9.17) is 0 Å². The van der Waals surface area contributed by atoms with Gasteiger partial charge in [-0.3, -0.25) is 4.90 Å². The molecular weight excluding hydrogens is 383 g/mol. The van der Waals surface area contributed by atoms with E-state index >= 15 is 0 Å². The Balaban J connectivity index is 1.60. The molecule has 0 atom stereocenters. The second kappa shape index (κ2) is 8.28. The number of nitrogens with zero attached hydrogens (tertiary/aromatic N) is 5. The predicted molar refractivity (Wildman–Crippen MR) is 105 cm³/mol. The number of alkyl halides is 3. The van der Waals surface area contributed by atoms with Crippen molar-refractivity contribution in [3.05, 3.63) is 60.1 Å². The summed E-state index contributed by atoms with van der Waals surface area (Å²) in [5, 5.41) is 4.12. The fourth-order valence-corrected chi connectivity index (χ4v) is 3.23. The first-order valence-corrected chi connectivity index (χ1v) is 9.27. The molecule has 1 aromatic carbocycles. The van der Waals surface area contributed by atoms with Crippen molar-refractivity contribution in [1.29, 1.82) is 0 Å². The topological polar surface area (TPSA) is 44.6 Å². The molecule has 0 N–H and O–H groups in total. The molecule has 3 rings (SSSR count). The lowest BCUT2D eigenvalue weighted by molar-refractivity contribution is -0.138. The smallest absolute Gasteiger partial charge is 0.347 e. The number of hydrogen-bond donors (Lipinski definition) is 0. The molecule has 1 aliphatic rings. The number of rotatable bonds is 4. The molecule has 0 unspecified atom stereocenters. The van der Waals surface area contributed by atoms with Crippen LogP contribution in [0, 0.1) is 0 Å². The summed E-state index contributed by atoms with van der Waals surface area (Å²) in [7, 11) is 1.84. The maximum Gasteiger partial charge on any atom is 0.416 e. The first-order valence-electron chi connectivity index (χ1n) is 9.27. The number of carbonyl (C=O) groups is 1. The fraction of sp³-hybridized carbons (Fsp3) is 0.400. The second-order valence-electron chi connectivity index (χ2n) is 7.14. The van der Waals surface area contributed by atoms with Crippen LogP contribution in [0.5, 0.6) is 0 Å². The number of hydrogen-bond acceptors (Lipinski definition) is 4. The minimum Gasteiger partial charge on any atom is -0.347 e. The monoisotopic (exact) mass is 407 g/mol. The zero-order valence-corrected chi connectivity index (χ0v) is 16.5. The lowest BCUT2D eigenvalue weighted by Gasteiger charge is -2.34. The van der Waals surface area contributed by atoms with Crippen molar-refractivity contribution in [3.63, 3.8) is 0 Å². The van der Waals surface area contributed by atoms with Gasteiger partial charge in [0.25, 0.3) is 0 Å². The van der Waals surface area contributed by atoms with Crippen molar-refractivity contribution >= 4 is 11.7 Å². The lowest BCUT2D eigenvalue weighted by Crippen LogP contribution is -2.49. The van der Waals surface area contributed by atoms with Crippen LogP contribution in [0.25, 0.3) is 0 Å². The molecule has 0 spiro atoms. The molecule has 1 fully saturated rings.